The number of carbonyl (C=O) groups is 1. The second-order valence-corrected chi connectivity index (χ2v) is 5.63. The minimum Gasteiger partial charge on any atom is -0.348 e. The summed E-state index contributed by atoms with van der Waals surface area (Å²) in [7, 11) is 0. The van der Waals surface area contributed by atoms with Crippen molar-refractivity contribution in [3.8, 4) is 0 Å². The summed E-state index contributed by atoms with van der Waals surface area (Å²) >= 11 is 0. The van der Waals surface area contributed by atoms with Gasteiger partial charge in [-0.3, -0.25) is 4.79 Å². The molecule has 0 bridgehead atoms. The Morgan fingerprint density at radius 3 is 2.95 bits per heavy atom. The lowest BCUT2D eigenvalue weighted by Gasteiger charge is -2.42. The van der Waals surface area contributed by atoms with E-state index >= 15 is 0 Å². The zero-order valence-electron chi connectivity index (χ0n) is 10.7. The average Bonchev–Trinajstić information content (AvgIpc) is 2.85. The Kier molecular flexibility index (Phi) is 2.19. The van der Waals surface area contributed by atoms with Gasteiger partial charge >= 0.3 is 0 Å². The summed E-state index contributed by atoms with van der Waals surface area (Å²) in [5, 5.41) is 4.01. The van der Waals surface area contributed by atoms with E-state index in [0.29, 0.717) is 0 Å². The van der Waals surface area contributed by atoms with Gasteiger partial charge in [-0.25, -0.2) is 9.97 Å². The smallest absolute Gasteiger partial charge is 0.268 e. The number of fused-ring (bicyclic) bond motifs is 4. The average molecular weight is 256 g/mol. The molecule has 98 valence electrons. The minimum absolute atomic E-state index is 0.00852. The highest BCUT2D eigenvalue weighted by atomic mass is 16.2. The van der Waals surface area contributed by atoms with E-state index in [9.17, 15) is 4.79 Å². The quantitative estimate of drug-likeness (QED) is 0.782. The summed E-state index contributed by atoms with van der Waals surface area (Å²) in [6.45, 7) is 0.729. The summed E-state index contributed by atoms with van der Waals surface area (Å²) in [4.78, 5) is 20.6. The second-order valence-electron chi connectivity index (χ2n) is 5.63. The number of amides is 1. The van der Waals surface area contributed by atoms with Crippen LogP contribution in [-0.2, 0) is 5.54 Å². The molecule has 1 aliphatic heterocycles. The number of nitrogens with zero attached hydrogens (tertiary/aromatic N) is 3. The Bertz CT molecular complexity index is 655. The van der Waals surface area contributed by atoms with Crippen molar-refractivity contribution < 1.29 is 4.79 Å². The molecule has 4 rings (SSSR count). The highest BCUT2D eigenvalue weighted by molar-refractivity contribution is 5.98. The summed E-state index contributed by atoms with van der Waals surface area (Å²) in [6.07, 6.45) is 9.33. The lowest BCUT2D eigenvalue weighted by Crippen LogP contribution is -2.52. The maximum Gasteiger partial charge on any atom is 0.268 e. The van der Waals surface area contributed by atoms with Crippen LogP contribution < -0.4 is 5.32 Å². The number of hydrogen-bond acceptors (Lipinski definition) is 3. The van der Waals surface area contributed by atoms with Crippen LogP contribution in [0.4, 0.5) is 0 Å². The molecule has 1 spiro atoms. The van der Waals surface area contributed by atoms with Crippen molar-refractivity contribution in [3.05, 3.63) is 24.3 Å². The number of rotatable bonds is 0. The van der Waals surface area contributed by atoms with E-state index in [0.717, 1.165) is 36.1 Å². The van der Waals surface area contributed by atoms with Gasteiger partial charge in [-0.2, -0.15) is 0 Å². The standard InChI is InChI=1S/C14H16N4O/c19-13-11-6-10-7-15-9-17-12(10)18(11)14(8-16-13)4-2-1-3-5-14/h6-7,9H,1-5,8H2,(H,16,19). The first-order valence-corrected chi connectivity index (χ1v) is 6.90. The van der Waals surface area contributed by atoms with Crippen molar-refractivity contribution in [2.45, 2.75) is 37.6 Å². The van der Waals surface area contributed by atoms with Gasteiger partial charge in [-0.15, -0.1) is 0 Å². The molecule has 2 aromatic rings. The molecule has 3 heterocycles. The molecule has 1 saturated carbocycles. The lowest BCUT2D eigenvalue weighted by molar-refractivity contribution is 0.0833. The third-order valence-corrected chi connectivity index (χ3v) is 4.53. The van der Waals surface area contributed by atoms with Crippen LogP contribution in [0.25, 0.3) is 11.0 Å². The second kappa shape index (κ2) is 3.79. The van der Waals surface area contributed by atoms with Gasteiger partial charge in [0, 0.05) is 18.1 Å². The molecule has 1 amide bonds. The molecule has 5 nitrogen and oxygen atoms in total. The van der Waals surface area contributed by atoms with Crippen LogP contribution in [0.15, 0.2) is 18.6 Å². The molecule has 0 aromatic carbocycles. The highest BCUT2D eigenvalue weighted by Crippen LogP contribution is 2.39. The number of nitrogens with one attached hydrogen (secondary N) is 1. The van der Waals surface area contributed by atoms with Gasteiger partial charge in [0.15, 0.2) is 0 Å². The van der Waals surface area contributed by atoms with Crippen LogP contribution in [0, 0.1) is 0 Å². The molecular weight excluding hydrogens is 240 g/mol. The van der Waals surface area contributed by atoms with Crippen LogP contribution in [-0.4, -0.2) is 27.0 Å². The lowest BCUT2D eigenvalue weighted by atomic mass is 9.80. The van der Waals surface area contributed by atoms with Gasteiger partial charge in [0.05, 0.1) is 5.54 Å². The fourth-order valence-corrected chi connectivity index (χ4v) is 3.62. The summed E-state index contributed by atoms with van der Waals surface area (Å²) < 4.78 is 2.18. The van der Waals surface area contributed by atoms with Crippen LogP contribution in [0.1, 0.15) is 42.6 Å². The SMILES string of the molecule is O=C1NCC2(CCCCC2)n2c1cc1cncnc12. The predicted octanol–water partition coefficient (Wildman–Crippen LogP) is 1.83. The third-order valence-electron chi connectivity index (χ3n) is 4.53. The first-order chi connectivity index (χ1) is 9.30. The zero-order chi connectivity index (χ0) is 12.9. The van der Waals surface area contributed by atoms with E-state index < -0.39 is 0 Å². The molecule has 0 unspecified atom stereocenters. The summed E-state index contributed by atoms with van der Waals surface area (Å²) in [5.41, 5.74) is 1.67. The van der Waals surface area contributed by atoms with Crippen molar-refractivity contribution in [3.63, 3.8) is 0 Å². The Balaban J connectivity index is 2.00. The van der Waals surface area contributed by atoms with Crippen molar-refractivity contribution >= 4 is 16.9 Å². The monoisotopic (exact) mass is 256 g/mol. The molecule has 19 heavy (non-hydrogen) atoms. The van der Waals surface area contributed by atoms with Gasteiger partial charge in [-0.1, -0.05) is 19.3 Å². The molecule has 5 heteroatoms. The largest absolute Gasteiger partial charge is 0.348 e. The van der Waals surface area contributed by atoms with E-state index in [-0.39, 0.29) is 11.4 Å². The van der Waals surface area contributed by atoms with Crippen molar-refractivity contribution in [1.29, 1.82) is 0 Å². The Morgan fingerprint density at radius 2 is 2.11 bits per heavy atom. The predicted molar refractivity (Wildman–Crippen MR) is 70.9 cm³/mol. The topological polar surface area (TPSA) is 59.8 Å². The molecule has 2 aromatic heterocycles. The van der Waals surface area contributed by atoms with Gasteiger partial charge in [-0.05, 0) is 18.9 Å². The Labute approximate surface area is 111 Å². The molecule has 0 saturated heterocycles. The third kappa shape index (κ3) is 1.44. The van der Waals surface area contributed by atoms with Crippen LogP contribution in [0.2, 0.25) is 0 Å². The van der Waals surface area contributed by atoms with Crippen molar-refractivity contribution in [2.75, 3.05) is 6.54 Å². The van der Waals surface area contributed by atoms with Gasteiger partial charge in [0.25, 0.3) is 5.91 Å². The number of aromatic nitrogens is 3. The van der Waals surface area contributed by atoms with E-state index in [1.165, 1.54) is 19.3 Å². The molecule has 0 radical (unpaired) electrons. The fraction of sp³-hybridized carbons (Fsp3) is 0.500. The van der Waals surface area contributed by atoms with Crippen LogP contribution in [0.3, 0.4) is 0 Å². The summed E-state index contributed by atoms with van der Waals surface area (Å²) in [6, 6.07) is 1.92. The van der Waals surface area contributed by atoms with E-state index in [2.05, 4.69) is 19.9 Å². The van der Waals surface area contributed by atoms with Crippen molar-refractivity contribution in [1.82, 2.24) is 19.9 Å². The molecule has 2 aliphatic rings. The van der Waals surface area contributed by atoms with Gasteiger partial charge in [0.1, 0.15) is 17.7 Å². The maximum absolute atomic E-state index is 12.1. The van der Waals surface area contributed by atoms with Gasteiger partial charge < -0.3 is 9.88 Å². The van der Waals surface area contributed by atoms with Crippen molar-refractivity contribution in [2.24, 2.45) is 0 Å². The van der Waals surface area contributed by atoms with E-state index in [1.54, 1.807) is 12.5 Å². The number of hydrogen-bond donors (Lipinski definition) is 1. The fourth-order valence-electron chi connectivity index (χ4n) is 3.62. The Hall–Kier alpha value is -1.91. The first kappa shape index (κ1) is 11.0. The molecule has 0 atom stereocenters. The molecule has 1 N–H and O–H groups in total. The number of carbonyl (C=O) groups excluding carboxylic acids is 1. The Morgan fingerprint density at radius 1 is 1.26 bits per heavy atom. The molecule has 1 aliphatic carbocycles. The molecular formula is C14H16N4O. The molecule has 1 fully saturated rings. The van der Waals surface area contributed by atoms with Gasteiger partial charge in [0.2, 0.25) is 0 Å². The summed E-state index contributed by atoms with van der Waals surface area (Å²) in [5.74, 6) is 0.00852. The van der Waals surface area contributed by atoms with Crippen LogP contribution in [0.5, 0.6) is 0 Å². The minimum atomic E-state index is 0.00852. The first-order valence-electron chi connectivity index (χ1n) is 6.90. The zero-order valence-corrected chi connectivity index (χ0v) is 10.7. The van der Waals surface area contributed by atoms with E-state index in [4.69, 9.17) is 0 Å². The van der Waals surface area contributed by atoms with Crippen LogP contribution >= 0.6 is 0 Å². The van der Waals surface area contributed by atoms with E-state index in [1.807, 2.05) is 6.07 Å². The normalized spacial score (nSPS) is 21.4. The maximum atomic E-state index is 12.1. The highest BCUT2D eigenvalue weighted by Gasteiger charge is 2.41.